The third kappa shape index (κ3) is 1.77. The lowest BCUT2D eigenvalue weighted by atomic mass is 10.3. The Morgan fingerprint density at radius 3 is 2.36 bits per heavy atom. The summed E-state index contributed by atoms with van der Waals surface area (Å²) in [5.41, 5.74) is 6.46. The predicted octanol–water partition coefficient (Wildman–Crippen LogP) is 0.879. The van der Waals surface area contributed by atoms with Crippen molar-refractivity contribution in [3.63, 3.8) is 0 Å². The van der Waals surface area contributed by atoms with Gasteiger partial charge in [0.2, 0.25) is 0 Å². The first kappa shape index (κ1) is 8.20. The fourth-order valence-electron chi connectivity index (χ4n) is 0.751. The summed E-state index contributed by atoms with van der Waals surface area (Å²) in [6.45, 7) is 6.01. The molecule has 0 unspecified atom stereocenters. The average Bonchev–Trinajstić information content (AvgIpc) is 2.33. The maximum Gasteiger partial charge on any atom is 0.0991 e. The molecule has 0 aliphatic rings. The van der Waals surface area contributed by atoms with E-state index in [1.807, 2.05) is 13.1 Å². The summed E-state index contributed by atoms with van der Waals surface area (Å²) in [5.74, 6) is 0. The minimum absolute atomic E-state index is 0.0255. The first-order chi connectivity index (χ1) is 5.11. The first-order valence-corrected chi connectivity index (χ1v) is 3.78. The number of hydrogen-bond donors (Lipinski definition) is 1. The standard InChI is InChI=1S/C7H14N4/c1-5(2)11-4-7(6(3)8)9-10-11/h4-6H,8H2,1-3H3/t6-/m0/s1. The van der Waals surface area contributed by atoms with E-state index in [0.717, 1.165) is 5.69 Å². The molecule has 0 aromatic carbocycles. The molecule has 1 rings (SSSR count). The van der Waals surface area contributed by atoms with Crippen LogP contribution in [-0.2, 0) is 0 Å². The quantitative estimate of drug-likeness (QED) is 0.688. The van der Waals surface area contributed by atoms with Gasteiger partial charge >= 0.3 is 0 Å². The molecular formula is C7H14N4. The fraction of sp³-hybridized carbons (Fsp3) is 0.714. The Kier molecular flexibility index (Phi) is 2.24. The molecule has 0 bridgehead atoms. The Balaban J connectivity index is 2.82. The number of hydrogen-bond acceptors (Lipinski definition) is 3. The van der Waals surface area contributed by atoms with Gasteiger partial charge in [0.1, 0.15) is 0 Å². The van der Waals surface area contributed by atoms with Gasteiger partial charge in [0, 0.05) is 12.1 Å². The zero-order valence-corrected chi connectivity index (χ0v) is 7.15. The summed E-state index contributed by atoms with van der Waals surface area (Å²) in [4.78, 5) is 0. The van der Waals surface area contributed by atoms with Crippen molar-refractivity contribution in [1.82, 2.24) is 15.0 Å². The van der Waals surface area contributed by atoms with Crippen LogP contribution in [0.4, 0.5) is 0 Å². The van der Waals surface area contributed by atoms with E-state index in [4.69, 9.17) is 5.73 Å². The van der Waals surface area contributed by atoms with Crippen molar-refractivity contribution in [2.45, 2.75) is 32.9 Å². The van der Waals surface area contributed by atoms with Gasteiger partial charge in [-0.2, -0.15) is 0 Å². The summed E-state index contributed by atoms with van der Waals surface area (Å²) in [5, 5.41) is 7.85. The van der Waals surface area contributed by atoms with E-state index in [0.29, 0.717) is 6.04 Å². The van der Waals surface area contributed by atoms with Gasteiger partial charge in [-0.05, 0) is 20.8 Å². The molecule has 1 aromatic heterocycles. The number of nitrogens with zero attached hydrogens (tertiary/aromatic N) is 3. The normalized spacial score (nSPS) is 13.9. The van der Waals surface area contributed by atoms with Crippen LogP contribution in [0.3, 0.4) is 0 Å². The van der Waals surface area contributed by atoms with E-state index in [1.165, 1.54) is 0 Å². The molecule has 4 heteroatoms. The Hall–Kier alpha value is -0.900. The second-order valence-electron chi connectivity index (χ2n) is 3.01. The topological polar surface area (TPSA) is 56.7 Å². The lowest BCUT2D eigenvalue weighted by molar-refractivity contribution is 0.514. The Morgan fingerprint density at radius 1 is 1.45 bits per heavy atom. The minimum Gasteiger partial charge on any atom is -0.323 e. The molecule has 62 valence electrons. The zero-order valence-electron chi connectivity index (χ0n) is 7.15. The molecule has 1 heterocycles. The second-order valence-corrected chi connectivity index (χ2v) is 3.01. The monoisotopic (exact) mass is 154 g/mol. The lowest BCUT2D eigenvalue weighted by Crippen LogP contribution is -2.05. The van der Waals surface area contributed by atoms with Crippen molar-refractivity contribution in [2.75, 3.05) is 0 Å². The SMILES string of the molecule is CC(C)n1cc([C@H](C)N)nn1. The smallest absolute Gasteiger partial charge is 0.0991 e. The first-order valence-electron chi connectivity index (χ1n) is 3.78. The van der Waals surface area contributed by atoms with Gasteiger partial charge in [0.05, 0.1) is 11.9 Å². The largest absolute Gasteiger partial charge is 0.323 e. The van der Waals surface area contributed by atoms with Gasteiger partial charge in [-0.1, -0.05) is 5.21 Å². The molecule has 0 fully saturated rings. The minimum atomic E-state index is -0.0255. The van der Waals surface area contributed by atoms with Crippen LogP contribution in [-0.4, -0.2) is 15.0 Å². The molecule has 0 radical (unpaired) electrons. The molecule has 0 aliphatic heterocycles. The van der Waals surface area contributed by atoms with Crippen LogP contribution in [0.1, 0.15) is 38.5 Å². The van der Waals surface area contributed by atoms with Gasteiger partial charge in [-0.3, -0.25) is 0 Å². The van der Waals surface area contributed by atoms with Gasteiger partial charge in [-0.25, -0.2) is 4.68 Å². The van der Waals surface area contributed by atoms with Crippen molar-refractivity contribution in [2.24, 2.45) is 5.73 Å². The summed E-state index contributed by atoms with van der Waals surface area (Å²) in [6.07, 6.45) is 1.88. The van der Waals surface area contributed by atoms with Crippen molar-refractivity contribution in [3.8, 4) is 0 Å². The van der Waals surface area contributed by atoms with Crippen molar-refractivity contribution in [3.05, 3.63) is 11.9 Å². The Bertz CT molecular complexity index is 204. The third-order valence-corrected chi connectivity index (χ3v) is 1.52. The van der Waals surface area contributed by atoms with Crippen molar-refractivity contribution >= 4 is 0 Å². The molecule has 1 atom stereocenters. The van der Waals surface area contributed by atoms with Crippen LogP contribution >= 0.6 is 0 Å². The second kappa shape index (κ2) is 3.00. The Morgan fingerprint density at radius 2 is 2.09 bits per heavy atom. The third-order valence-electron chi connectivity index (χ3n) is 1.52. The van der Waals surface area contributed by atoms with Crippen molar-refractivity contribution < 1.29 is 0 Å². The Labute approximate surface area is 66.4 Å². The average molecular weight is 154 g/mol. The fourth-order valence-corrected chi connectivity index (χ4v) is 0.751. The highest BCUT2D eigenvalue weighted by atomic mass is 15.4. The maximum atomic E-state index is 5.61. The number of nitrogens with two attached hydrogens (primary N) is 1. The van der Waals surface area contributed by atoms with Crippen LogP contribution in [0.25, 0.3) is 0 Å². The molecule has 0 saturated carbocycles. The molecule has 11 heavy (non-hydrogen) atoms. The van der Waals surface area contributed by atoms with Crippen LogP contribution < -0.4 is 5.73 Å². The van der Waals surface area contributed by atoms with Crippen LogP contribution in [0.2, 0.25) is 0 Å². The molecule has 1 aromatic rings. The molecule has 2 N–H and O–H groups in total. The van der Waals surface area contributed by atoms with Crippen LogP contribution in [0.15, 0.2) is 6.20 Å². The van der Waals surface area contributed by atoms with E-state index in [-0.39, 0.29) is 6.04 Å². The van der Waals surface area contributed by atoms with E-state index < -0.39 is 0 Å². The van der Waals surface area contributed by atoms with E-state index in [9.17, 15) is 0 Å². The van der Waals surface area contributed by atoms with Crippen molar-refractivity contribution in [1.29, 1.82) is 0 Å². The summed E-state index contributed by atoms with van der Waals surface area (Å²) in [7, 11) is 0. The van der Waals surface area contributed by atoms with Gasteiger partial charge in [0.15, 0.2) is 0 Å². The summed E-state index contributed by atoms with van der Waals surface area (Å²) in [6, 6.07) is 0.331. The highest BCUT2D eigenvalue weighted by Crippen LogP contribution is 2.07. The summed E-state index contributed by atoms with van der Waals surface area (Å²) < 4.78 is 1.80. The molecule has 0 saturated heterocycles. The molecule has 0 amide bonds. The lowest BCUT2D eigenvalue weighted by Gasteiger charge is -2.01. The van der Waals surface area contributed by atoms with Gasteiger partial charge in [0.25, 0.3) is 0 Å². The van der Waals surface area contributed by atoms with E-state index in [1.54, 1.807) is 4.68 Å². The molecule has 0 aliphatic carbocycles. The molecular weight excluding hydrogens is 140 g/mol. The van der Waals surface area contributed by atoms with Crippen LogP contribution in [0, 0.1) is 0 Å². The van der Waals surface area contributed by atoms with Gasteiger partial charge < -0.3 is 5.73 Å². The highest BCUT2D eigenvalue weighted by Gasteiger charge is 2.05. The van der Waals surface area contributed by atoms with Gasteiger partial charge in [-0.15, -0.1) is 5.10 Å². The molecule has 0 spiro atoms. The number of rotatable bonds is 2. The molecule has 4 nitrogen and oxygen atoms in total. The van der Waals surface area contributed by atoms with E-state index in [2.05, 4.69) is 24.2 Å². The maximum absolute atomic E-state index is 5.61. The van der Waals surface area contributed by atoms with Crippen LogP contribution in [0.5, 0.6) is 0 Å². The predicted molar refractivity (Wildman–Crippen MR) is 43.0 cm³/mol. The summed E-state index contributed by atoms with van der Waals surface area (Å²) >= 11 is 0. The zero-order chi connectivity index (χ0) is 8.43. The highest BCUT2D eigenvalue weighted by molar-refractivity contribution is 4.97. The van der Waals surface area contributed by atoms with E-state index >= 15 is 0 Å². The number of aromatic nitrogens is 3.